The molecule has 22 heavy (non-hydrogen) atoms. The van der Waals surface area contributed by atoms with Gasteiger partial charge < -0.3 is 15.6 Å². The van der Waals surface area contributed by atoms with Gasteiger partial charge in [-0.2, -0.15) is 0 Å². The van der Waals surface area contributed by atoms with Crippen LogP contribution in [-0.4, -0.2) is 37.4 Å². The minimum absolute atomic E-state index is 0.265. The van der Waals surface area contributed by atoms with Gasteiger partial charge in [0.15, 0.2) is 0 Å². The molecule has 1 atom stereocenters. The van der Waals surface area contributed by atoms with Gasteiger partial charge in [0.25, 0.3) is 5.91 Å². The number of aliphatic hydroxyl groups is 1. The molecule has 0 spiro atoms. The van der Waals surface area contributed by atoms with E-state index in [4.69, 9.17) is 15.3 Å². The van der Waals surface area contributed by atoms with E-state index in [-0.39, 0.29) is 5.91 Å². The topological polar surface area (TPSA) is 93.8 Å². The number of unbranched alkanes of at least 4 members (excludes halogenated alkanes) is 2. The van der Waals surface area contributed by atoms with Gasteiger partial charge in [-0.05, 0) is 30.5 Å². The van der Waals surface area contributed by atoms with E-state index in [9.17, 15) is 9.90 Å². The van der Waals surface area contributed by atoms with Gasteiger partial charge in [0, 0.05) is 19.2 Å². The molecule has 1 aromatic rings. The number of carbonyl (C=O) groups is 1. The summed E-state index contributed by atoms with van der Waals surface area (Å²) in [5, 5.41) is 9.47. The molecule has 0 fully saturated rings. The molecule has 1 amide bonds. The van der Waals surface area contributed by atoms with Crippen LogP contribution in [-0.2, 0) is 16.1 Å². The second-order valence-corrected chi connectivity index (χ2v) is 5.14. The average Bonchev–Trinajstić information content (AvgIpc) is 2.54. The number of rotatable bonds is 11. The summed E-state index contributed by atoms with van der Waals surface area (Å²) in [7, 11) is 1.57. The Hall–Kier alpha value is -1.47. The summed E-state index contributed by atoms with van der Waals surface area (Å²) in [4.78, 5) is 16.9. The van der Waals surface area contributed by atoms with E-state index in [2.05, 4.69) is 5.48 Å². The van der Waals surface area contributed by atoms with Gasteiger partial charge in [-0.15, -0.1) is 0 Å². The quantitative estimate of drug-likeness (QED) is 0.424. The van der Waals surface area contributed by atoms with Gasteiger partial charge in [0.1, 0.15) is 0 Å². The highest BCUT2D eigenvalue weighted by atomic mass is 16.6. The fraction of sp³-hybridized carbons (Fsp3) is 0.562. The molecule has 6 heteroatoms. The van der Waals surface area contributed by atoms with Gasteiger partial charge >= 0.3 is 0 Å². The third kappa shape index (κ3) is 7.51. The van der Waals surface area contributed by atoms with Crippen LogP contribution in [0, 0.1) is 0 Å². The van der Waals surface area contributed by atoms with E-state index in [0.717, 1.165) is 24.8 Å². The number of hydrogen-bond acceptors (Lipinski definition) is 5. The number of hydrogen-bond donors (Lipinski definition) is 3. The van der Waals surface area contributed by atoms with Crippen molar-refractivity contribution in [1.82, 2.24) is 5.48 Å². The summed E-state index contributed by atoms with van der Waals surface area (Å²) >= 11 is 0. The molecule has 4 N–H and O–H groups in total. The maximum Gasteiger partial charge on any atom is 0.274 e. The molecule has 0 saturated heterocycles. The van der Waals surface area contributed by atoms with Crippen LogP contribution in [0.1, 0.15) is 41.6 Å². The summed E-state index contributed by atoms with van der Waals surface area (Å²) in [6.07, 6.45) is 2.98. The normalized spacial score (nSPS) is 12.1. The van der Waals surface area contributed by atoms with Crippen molar-refractivity contribution in [3.63, 3.8) is 0 Å². The Morgan fingerprint density at radius 1 is 1.27 bits per heavy atom. The number of carbonyl (C=O) groups excluding carboxylic acids is 1. The number of benzene rings is 1. The Balaban J connectivity index is 2.07. The molecule has 124 valence electrons. The summed E-state index contributed by atoms with van der Waals surface area (Å²) in [6, 6.07) is 7.08. The van der Waals surface area contributed by atoms with E-state index in [1.807, 2.05) is 12.1 Å². The van der Waals surface area contributed by atoms with Gasteiger partial charge in [0.2, 0.25) is 0 Å². The average molecular weight is 310 g/mol. The number of methoxy groups -OCH3 is 1. The highest BCUT2D eigenvalue weighted by molar-refractivity contribution is 5.93. The van der Waals surface area contributed by atoms with Crippen molar-refractivity contribution >= 4 is 5.91 Å². The maximum absolute atomic E-state index is 11.8. The third-order valence-electron chi connectivity index (χ3n) is 3.26. The number of nitrogens with two attached hydrogens (primary N) is 1. The Labute approximate surface area is 131 Å². The van der Waals surface area contributed by atoms with Gasteiger partial charge in [-0.3, -0.25) is 9.63 Å². The first-order valence-electron chi connectivity index (χ1n) is 7.55. The number of aliphatic hydroxyl groups excluding tert-OH is 1. The van der Waals surface area contributed by atoms with Gasteiger partial charge in [-0.25, -0.2) is 5.48 Å². The molecule has 1 rings (SSSR count). The molecule has 6 nitrogen and oxygen atoms in total. The van der Waals surface area contributed by atoms with Crippen molar-refractivity contribution in [3.8, 4) is 0 Å². The predicted octanol–water partition coefficient (Wildman–Crippen LogP) is 1.37. The second kappa shape index (κ2) is 11.1. The molecule has 0 saturated carbocycles. The highest BCUT2D eigenvalue weighted by Crippen LogP contribution is 2.05. The largest absolute Gasteiger partial charge is 0.391 e. The minimum atomic E-state index is -0.401. The van der Waals surface area contributed by atoms with Crippen molar-refractivity contribution in [2.24, 2.45) is 5.73 Å². The fourth-order valence-electron chi connectivity index (χ4n) is 1.97. The zero-order valence-corrected chi connectivity index (χ0v) is 13.1. The molecule has 1 aromatic carbocycles. The Kier molecular flexibility index (Phi) is 9.41. The van der Waals surface area contributed by atoms with Crippen LogP contribution in [0.3, 0.4) is 0 Å². The third-order valence-corrected chi connectivity index (χ3v) is 3.26. The van der Waals surface area contributed by atoms with Crippen LogP contribution >= 0.6 is 0 Å². The molecule has 0 aromatic heterocycles. The summed E-state index contributed by atoms with van der Waals surface area (Å²) in [5.74, 6) is -0.265. The molecule has 0 aliphatic carbocycles. The van der Waals surface area contributed by atoms with E-state index in [1.165, 1.54) is 0 Å². The van der Waals surface area contributed by atoms with E-state index < -0.39 is 6.10 Å². The molecule has 0 radical (unpaired) electrons. The number of amides is 1. The van der Waals surface area contributed by atoms with Crippen LogP contribution in [0.5, 0.6) is 0 Å². The van der Waals surface area contributed by atoms with Crippen molar-refractivity contribution < 1.29 is 19.5 Å². The lowest BCUT2D eigenvalue weighted by molar-refractivity contribution is 0.0288. The SMILES string of the molecule is COCC(O)CCCCCONC(=O)c1ccc(CN)cc1. The van der Waals surface area contributed by atoms with E-state index >= 15 is 0 Å². The van der Waals surface area contributed by atoms with Crippen LogP contribution in [0.25, 0.3) is 0 Å². The smallest absolute Gasteiger partial charge is 0.274 e. The van der Waals surface area contributed by atoms with Crippen LogP contribution in [0.15, 0.2) is 24.3 Å². The van der Waals surface area contributed by atoms with Crippen LogP contribution in [0.2, 0.25) is 0 Å². The molecule has 1 unspecified atom stereocenters. The summed E-state index contributed by atoms with van der Waals surface area (Å²) < 4.78 is 4.85. The lowest BCUT2D eigenvalue weighted by Crippen LogP contribution is -2.24. The van der Waals surface area contributed by atoms with E-state index in [1.54, 1.807) is 19.2 Å². The predicted molar refractivity (Wildman–Crippen MR) is 84.1 cm³/mol. The van der Waals surface area contributed by atoms with Crippen LogP contribution in [0.4, 0.5) is 0 Å². The molecular weight excluding hydrogens is 284 g/mol. The van der Waals surface area contributed by atoms with E-state index in [0.29, 0.717) is 31.7 Å². The molecular formula is C16H26N2O4. The lowest BCUT2D eigenvalue weighted by atomic mass is 10.1. The lowest BCUT2D eigenvalue weighted by Gasteiger charge is -2.09. The number of hydroxylamine groups is 1. The number of ether oxygens (including phenoxy) is 1. The Bertz CT molecular complexity index is 423. The molecule has 0 bridgehead atoms. The zero-order valence-electron chi connectivity index (χ0n) is 13.1. The molecule has 0 heterocycles. The van der Waals surface area contributed by atoms with Crippen LogP contribution < -0.4 is 11.2 Å². The van der Waals surface area contributed by atoms with Crippen molar-refractivity contribution in [1.29, 1.82) is 0 Å². The fourth-order valence-corrected chi connectivity index (χ4v) is 1.97. The Morgan fingerprint density at radius 3 is 2.64 bits per heavy atom. The molecule has 0 aliphatic heterocycles. The summed E-state index contributed by atoms with van der Waals surface area (Å²) in [5.41, 5.74) is 9.44. The maximum atomic E-state index is 11.8. The Morgan fingerprint density at radius 2 is 2.00 bits per heavy atom. The number of nitrogens with one attached hydrogen (secondary N) is 1. The van der Waals surface area contributed by atoms with Gasteiger partial charge in [0.05, 0.1) is 19.3 Å². The van der Waals surface area contributed by atoms with Gasteiger partial charge in [-0.1, -0.05) is 25.0 Å². The van der Waals surface area contributed by atoms with Crippen molar-refractivity contribution in [3.05, 3.63) is 35.4 Å². The first-order valence-corrected chi connectivity index (χ1v) is 7.55. The van der Waals surface area contributed by atoms with Crippen molar-refractivity contribution in [2.75, 3.05) is 20.3 Å². The highest BCUT2D eigenvalue weighted by Gasteiger charge is 2.05. The summed E-state index contributed by atoms with van der Waals surface area (Å²) in [6.45, 7) is 1.28. The first kappa shape index (κ1) is 18.6. The van der Waals surface area contributed by atoms with Crippen molar-refractivity contribution in [2.45, 2.75) is 38.3 Å². The molecule has 0 aliphatic rings. The standard InChI is InChI=1S/C16H26N2O4/c1-21-12-15(19)5-3-2-4-10-22-18-16(20)14-8-6-13(11-17)7-9-14/h6-9,15,19H,2-5,10-12,17H2,1H3,(H,18,20). The monoisotopic (exact) mass is 310 g/mol. The zero-order chi connectivity index (χ0) is 16.2. The first-order chi connectivity index (χ1) is 10.7. The minimum Gasteiger partial charge on any atom is -0.391 e. The second-order valence-electron chi connectivity index (χ2n) is 5.14.